The van der Waals surface area contributed by atoms with Crippen LogP contribution in [0, 0.1) is 0 Å². The number of fused-ring (bicyclic) bond motifs is 1. The molecule has 0 unspecified atom stereocenters. The second-order valence-corrected chi connectivity index (χ2v) is 7.80. The van der Waals surface area contributed by atoms with Crippen LogP contribution in [0.5, 0.6) is 0 Å². The third-order valence-electron chi connectivity index (χ3n) is 4.39. The normalized spacial score (nSPS) is 13.8. The predicted octanol–water partition coefficient (Wildman–Crippen LogP) is 3.77. The van der Waals surface area contributed by atoms with Crippen LogP contribution >= 0.6 is 0 Å². The fourth-order valence-electron chi connectivity index (χ4n) is 3.15. The minimum absolute atomic E-state index is 0.543. The quantitative estimate of drug-likeness (QED) is 0.748. The highest BCUT2D eigenvalue weighted by molar-refractivity contribution is 7.95. The summed E-state index contributed by atoms with van der Waals surface area (Å²) in [6.07, 6.45) is 4.31. The van der Waals surface area contributed by atoms with Crippen LogP contribution in [0.15, 0.2) is 66.1 Å². The second kappa shape index (κ2) is 6.80. The third kappa shape index (κ3) is 3.41. The van der Waals surface area contributed by atoms with E-state index in [1.54, 1.807) is 10.8 Å². The van der Waals surface area contributed by atoms with E-state index in [1.165, 1.54) is 5.41 Å². The number of sulfonamides is 1. The van der Waals surface area contributed by atoms with Gasteiger partial charge in [-0.1, -0.05) is 48.5 Å². The number of hydrogen-bond donors (Lipinski definition) is 1. The minimum Gasteiger partial charge on any atom is -0.263 e. The first-order valence-electron chi connectivity index (χ1n) is 8.54. The van der Waals surface area contributed by atoms with E-state index >= 15 is 0 Å². The second-order valence-electron chi connectivity index (χ2n) is 6.24. The van der Waals surface area contributed by atoms with Gasteiger partial charge in [0, 0.05) is 5.56 Å². The van der Waals surface area contributed by atoms with Crippen molar-refractivity contribution in [1.82, 2.24) is 9.78 Å². The van der Waals surface area contributed by atoms with Gasteiger partial charge in [0.15, 0.2) is 0 Å². The first-order valence-corrected chi connectivity index (χ1v) is 10.1. The summed E-state index contributed by atoms with van der Waals surface area (Å²) in [6, 6.07) is 18.9. The van der Waals surface area contributed by atoms with Crippen LogP contribution in [0.25, 0.3) is 11.8 Å². The highest BCUT2D eigenvalue weighted by atomic mass is 32.2. The molecule has 5 nitrogen and oxygen atoms in total. The van der Waals surface area contributed by atoms with Gasteiger partial charge >= 0.3 is 0 Å². The molecule has 0 fully saturated rings. The topological polar surface area (TPSA) is 64.0 Å². The Morgan fingerprint density at radius 3 is 2.38 bits per heavy atom. The molecule has 1 aromatic heterocycles. The monoisotopic (exact) mass is 365 g/mol. The molecule has 0 saturated heterocycles. The third-order valence-corrected chi connectivity index (χ3v) is 5.36. The molecule has 0 amide bonds. The Kier molecular flexibility index (Phi) is 4.34. The standard InChI is InChI=1S/C20H19N3O2S/c24-26(25,15-14-16-8-3-1-4-9-16)22-20-18-12-7-13-19(18)21-23(20)17-10-5-2-6-11-17/h1-6,8-11,14-15,22H,7,12-13H2/b15-14+. The summed E-state index contributed by atoms with van der Waals surface area (Å²) in [5.41, 5.74) is 3.63. The van der Waals surface area contributed by atoms with E-state index in [2.05, 4.69) is 9.82 Å². The SMILES string of the molecule is O=S(=O)(/C=C/c1ccccc1)Nc1c2c(nn1-c1ccccc1)CCC2. The van der Waals surface area contributed by atoms with Crippen molar-refractivity contribution in [1.29, 1.82) is 0 Å². The summed E-state index contributed by atoms with van der Waals surface area (Å²) in [4.78, 5) is 0. The van der Waals surface area contributed by atoms with Crippen LogP contribution in [-0.4, -0.2) is 18.2 Å². The molecule has 0 radical (unpaired) electrons. The molecule has 26 heavy (non-hydrogen) atoms. The number of hydrogen-bond acceptors (Lipinski definition) is 3. The summed E-state index contributed by atoms with van der Waals surface area (Å²) in [7, 11) is -3.65. The average molecular weight is 365 g/mol. The molecule has 0 saturated carbocycles. The Hall–Kier alpha value is -2.86. The first kappa shape index (κ1) is 16.6. The van der Waals surface area contributed by atoms with Gasteiger partial charge in [0.1, 0.15) is 5.82 Å². The molecule has 132 valence electrons. The molecule has 0 spiro atoms. The lowest BCUT2D eigenvalue weighted by Gasteiger charge is -2.10. The first-order chi connectivity index (χ1) is 12.6. The summed E-state index contributed by atoms with van der Waals surface area (Å²) < 4.78 is 29.6. The highest BCUT2D eigenvalue weighted by Crippen LogP contribution is 2.31. The van der Waals surface area contributed by atoms with Crippen LogP contribution in [0.1, 0.15) is 23.2 Å². The number of aromatic nitrogens is 2. The summed E-state index contributed by atoms with van der Waals surface area (Å²) in [5.74, 6) is 0.543. The van der Waals surface area contributed by atoms with Gasteiger partial charge in [-0.15, -0.1) is 0 Å². The van der Waals surface area contributed by atoms with Crippen molar-refractivity contribution in [3.63, 3.8) is 0 Å². The average Bonchev–Trinajstić information content (AvgIpc) is 3.24. The number of para-hydroxylation sites is 1. The van der Waals surface area contributed by atoms with Crippen molar-refractivity contribution in [2.24, 2.45) is 0 Å². The van der Waals surface area contributed by atoms with Gasteiger partial charge in [0.25, 0.3) is 10.0 Å². The van der Waals surface area contributed by atoms with Crippen molar-refractivity contribution < 1.29 is 8.42 Å². The fraction of sp³-hybridized carbons (Fsp3) is 0.150. The molecule has 1 aliphatic carbocycles. The van der Waals surface area contributed by atoms with E-state index < -0.39 is 10.0 Å². The van der Waals surface area contributed by atoms with Gasteiger partial charge in [0.2, 0.25) is 0 Å². The molecule has 0 bridgehead atoms. The van der Waals surface area contributed by atoms with Gasteiger partial charge in [0.05, 0.1) is 16.8 Å². The van der Waals surface area contributed by atoms with Crippen LogP contribution in [0.3, 0.4) is 0 Å². The van der Waals surface area contributed by atoms with Crippen molar-refractivity contribution in [3.05, 3.63) is 82.9 Å². The molecule has 1 aliphatic rings. The van der Waals surface area contributed by atoms with E-state index in [0.717, 1.165) is 41.8 Å². The van der Waals surface area contributed by atoms with E-state index in [1.807, 2.05) is 60.7 Å². The number of aryl methyl sites for hydroxylation is 1. The molecule has 3 aromatic rings. The molecule has 2 aromatic carbocycles. The largest absolute Gasteiger partial charge is 0.263 e. The number of nitrogens with one attached hydrogen (secondary N) is 1. The van der Waals surface area contributed by atoms with E-state index in [-0.39, 0.29) is 0 Å². The predicted molar refractivity (Wildman–Crippen MR) is 104 cm³/mol. The Bertz CT molecular complexity index is 1040. The molecule has 0 aliphatic heterocycles. The van der Waals surface area contributed by atoms with Gasteiger partial charge in [-0.3, -0.25) is 4.72 Å². The van der Waals surface area contributed by atoms with Crippen LogP contribution in [-0.2, 0) is 22.9 Å². The summed E-state index contributed by atoms with van der Waals surface area (Å²) in [5, 5.41) is 5.83. The van der Waals surface area contributed by atoms with Crippen molar-refractivity contribution in [2.45, 2.75) is 19.3 Å². The van der Waals surface area contributed by atoms with Crippen LogP contribution < -0.4 is 4.72 Å². The van der Waals surface area contributed by atoms with E-state index in [0.29, 0.717) is 5.82 Å². The summed E-state index contributed by atoms with van der Waals surface area (Å²) >= 11 is 0. The molecule has 1 heterocycles. The van der Waals surface area contributed by atoms with Crippen molar-refractivity contribution in [2.75, 3.05) is 4.72 Å². The molecule has 6 heteroatoms. The molecule has 1 N–H and O–H groups in total. The van der Waals surface area contributed by atoms with Crippen molar-refractivity contribution in [3.8, 4) is 5.69 Å². The molecular formula is C20H19N3O2S. The fourth-order valence-corrected chi connectivity index (χ4v) is 4.04. The Labute approximate surface area is 153 Å². The van der Waals surface area contributed by atoms with Gasteiger partial charge in [-0.25, -0.2) is 13.1 Å². The Morgan fingerprint density at radius 2 is 1.65 bits per heavy atom. The maximum absolute atomic E-state index is 12.6. The van der Waals surface area contributed by atoms with E-state index in [4.69, 9.17) is 0 Å². The molecule has 0 atom stereocenters. The zero-order valence-electron chi connectivity index (χ0n) is 14.2. The zero-order chi connectivity index (χ0) is 18.0. The highest BCUT2D eigenvalue weighted by Gasteiger charge is 2.25. The number of rotatable bonds is 5. The van der Waals surface area contributed by atoms with E-state index in [9.17, 15) is 8.42 Å². The summed E-state index contributed by atoms with van der Waals surface area (Å²) in [6.45, 7) is 0. The maximum Gasteiger partial charge on any atom is 0.256 e. The molecular weight excluding hydrogens is 346 g/mol. The van der Waals surface area contributed by atoms with Crippen molar-refractivity contribution >= 4 is 21.9 Å². The van der Waals surface area contributed by atoms with Gasteiger partial charge in [-0.2, -0.15) is 5.10 Å². The molecule has 4 rings (SSSR count). The van der Waals surface area contributed by atoms with Gasteiger partial charge < -0.3 is 0 Å². The lowest BCUT2D eigenvalue weighted by Crippen LogP contribution is -2.14. The number of benzene rings is 2. The van der Waals surface area contributed by atoms with Gasteiger partial charge in [-0.05, 0) is 43.0 Å². The van der Waals surface area contributed by atoms with Crippen LogP contribution in [0.2, 0.25) is 0 Å². The van der Waals surface area contributed by atoms with Crippen LogP contribution in [0.4, 0.5) is 5.82 Å². The Balaban J connectivity index is 1.68. The lowest BCUT2D eigenvalue weighted by molar-refractivity contribution is 0.609. The lowest BCUT2D eigenvalue weighted by atomic mass is 10.2. The smallest absolute Gasteiger partial charge is 0.256 e. The number of nitrogens with zero attached hydrogens (tertiary/aromatic N) is 2. The maximum atomic E-state index is 12.6. The zero-order valence-corrected chi connectivity index (χ0v) is 15.0. The number of anilines is 1. The minimum atomic E-state index is -3.65. The Morgan fingerprint density at radius 1 is 0.962 bits per heavy atom.